The molecule has 2 rings (SSSR count). The van der Waals surface area contributed by atoms with E-state index < -0.39 is 27.3 Å². The molecule has 0 atom stereocenters. The predicted octanol–water partition coefficient (Wildman–Crippen LogP) is 4.37. The molecule has 1 aromatic carbocycles. The molecule has 0 bridgehead atoms. The lowest BCUT2D eigenvalue weighted by Crippen LogP contribution is -2.20. The number of amides is 1. The van der Waals surface area contributed by atoms with Crippen LogP contribution < -0.4 is 15.8 Å². The first-order chi connectivity index (χ1) is 15.1. The molecule has 4 N–H and O–H groups in total. The third kappa shape index (κ3) is 6.14. The Balaban J connectivity index is 2.40. The normalized spacial score (nSPS) is 12.1. The third-order valence-electron chi connectivity index (χ3n) is 4.06. The lowest BCUT2D eigenvalue weighted by atomic mass is 10.1. The van der Waals surface area contributed by atoms with Gasteiger partial charge in [0.25, 0.3) is 5.91 Å². The van der Waals surface area contributed by atoms with E-state index in [0.29, 0.717) is 17.7 Å². The van der Waals surface area contributed by atoms with Crippen LogP contribution in [-0.4, -0.2) is 30.8 Å². The maximum atomic E-state index is 15.0. The number of hydrogen-bond donors (Lipinski definition) is 3. The SMILES string of the molecule is C=CC(=N/C=C\C)c1cc(NC(=O)c2c(Cl)ccc(NS(=O)(=O)CCC)c2F)cnc1N. The second-order valence-corrected chi connectivity index (χ2v) is 8.77. The summed E-state index contributed by atoms with van der Waals surface area (Å²) < 4.78 is 41.1. The summed E-state index contributed by atoms with van der Waals surface area (Å²) in [6.45, 7) is 7.15. The van der Waals surface area contributed by atoms with E-state index in [-0.39, 0.29) is 28.0 Å². The van der Waals surface area contributed by atoms with Gasteiger partial charge in [0.2, 0.25) is 10.0 Å². The van der Waals surface area contributed by atoms with Gasteiger partial charge in [0.05, 0.1) is 39.6 Å². The Morgan fingerprint density at radius 2 is 2.12 bits per heavy atom. The van der Waals surface area contributed by atoms with Crippen molar-refractivity contribution in [2.45, 2.75) is 20.3 Å². The number of hydrogen-bond acceptors (Lipinski definition) is 6. The Kier molecular flexibility index (Phi) is 8.50. The number of nitrogens with zero attached hydrogens (tertiary/aromatic N) is 2. The molecular formula is C21H23ClFN5O3S. The highest BCUT2D eigenvalue weighted by Crippen LogP contribution is 2.28. The Morgan fingerprint density at radius 3 is 2.75 bits per heavy atom. The summed E-state index contributed by atoms with van der Waals surface area (Å²) in [4.78, 5) is 21.0. The zero-order valence-electron chi connectivity index (χ0n) is 17.5. The van der Waals surface area contributed by atoms with Crippen molar-refractivity contribution in [2.24, 2.45) is 4.99 Å². The second kappa shape index (κ2) is 10.9. The minimum absolute atomic E-state index is 0.155. The predicted molar refractivity (Wildman–Crippen MR) is 127 cm³/mol. The molecule has 170 valence electrons. The maximum Gasteiger partial charge on any atom is 0.260 e. The highest BCUT2D eigenvalue weighted by atomic mass is 35.5. The first-order valence-electron chi connectivity index (χ1n) is 9.50. The molecular weight excluding hydrogens is 457 g/mol. The van der Waals surface area contributed by atoms with Crippen LogP contribution >= 0.6 is 11.6 Å². The number of nitrogens with one attached hydrogen (secondary N) is 2. The Hall–Kier alpha value is -3.24. The van der Waals surface area contributed by atoms with Gasteiger partial charge in [0.15, 0.2) is 5.82 Å². The molecule has 0 aliphatic heterocycles. The smallest absolute Gasteiger partial charge is 0.260 e. The van der Waals surface area contributed by atoms with Gasteiger partial charge < -0.3 is 11.1 Å². The number of aliphatic imine (C=N–C) groups is 1. The van der Waals surface area contributed by atoms with Crippen LogP contribution in [0, 0.1) is 5.82 Å². The molecule has 1 amide bonds. The van der Waals surface area contributed by atoms with Crippen molar-refractivity contribution in [2.75, 3.05) is 21.5 Å². The van der Waals surface area contributed by atoms with E-state index in [1.165, 1.54) is 24.4 Å². The van der Waals surface area contributed by atoms with Crippen LogP contribution in [0.1, 0.15) is 36.2 Å². The maximum absolute atomic E-state index is 15.0. The number of sulfonamides is 1. The number of aromatic nitrogens is 1. The van der Waals surface area contributed by atoms with E-state index >= 15 is 0 Å². The van der Waals surface area contributed by atoms with Gasteiger partial charge in [-0.25, -0.2) is 17.8 Å². The number of benzene rings is 1. The van der Waals surface area contributed by atoms with Crippen LogP contribution in [0.5, 0.6) is 0 Å². The first-order valence-corrected chi connectivity index (χ1v) is 11.5. The molecule has 0 unspecified atom stereocenters. The summed E-state index contributed by atoms with van der Waals surface area (Å²) in [5.74, 6) is -2.04. The van der Waals surface area contributed by atoms with Crippen molar-refractivity contribution >= 4 is 50.4 Å². The van der Waals surface area contributed by atoms with E-state index in [0.717, 1.165) is 6.07 Å². The number of halogens is 2. The Bertz CT molecular complexity index is 1200. The molecule has 0 aliphatic carbocycles. The summed E-state index contributed by atoms with van der Waals surface area (Å²) in [5, 5.41) is 2.30. The standard InChI is InChI=1S/C21H23ClFN5O3S/c1-4-9-25-16(6-3)14-11-13(12-26-20(14)24)27-21(29)18-15(22)7-8-17(19(18)23)28-32(30,31)10-5-2/h4,6-9,11-12,28H,3,5,10H2,1-2H3,(H2,24,26)(H,27,29)/b9-4-,25-16?. The van der Waals surface area contributed by atoms with E-state index in [1.54, 1.807) is 26.1 Å². The highest BCUT2D eigenvalue weighted by Gasteiger charge is 2.22. The van der Waals surface area contributed by atoms with Crippen LogP contribution in [0.15, 0.2) is 54.3 Å². The number of pyridine rings is 1. The lowest BCUT2D eigenvalue weighted by molar-refractivity contribution is 0.102. The topological polar surface area (TPSA) is 127 Å². The minimum atomic E-state index is -3.77. The number of anilines is 3. The molecule has 11 heteroatoms. The Morgan fingerprint density at radius 1 is 1.41 bits per heavy atom. The number of carbonyl (C=O) groups excluding carboxylic acids is 1. The largest absolute Gasteiger partial charge is 0.383 e. The molecule has 8 nitrogen and oxygen atoms in total. The minimum Gasteiger partial charge on any atom is -0.383 e. The summed E-state index contributed by atoms with van der Waals surface area (Å²) in [6, 6.07) is 3.89. The van der Waals surface area contributed by atoms with Gasteiger partial charge in [-0.3, -0.25) is 14.5 Å². The fourth-order valence-electron chi connectivity index (χ4n) is 2.66. The van der Waals surface area contributed by atoms with Gasteiger partial charge in [-0.2, -0.15) is 0 Å². The van der Waals surface area contributed by atoms with Crippen molar-refractivity contribution in [3.8, 4) is 0 Å². The quantitative estimate of drug-likeness (QED) is 0.460. The van der Waals surface area contributed by atoms with E-state index in [2.05, 4.69) is 26.6 Å². The van der Waals surface area contributed by atoms with E-state index in [1.807, 2.05) is 0 Å². The molecule has 1 heterocycles. The molecule has 0 fully saturated rings. The van der Waals surface area contributed by atoms with Crippen LogP contribution in [0.2, 0.25) is 5.02 Å². The van der Waals surface area contributed by atoms with Crippen LogP contribution in [0.25, 0.3) is 0 Å². The Labute approximate surface area is 191 Å². The number of carbonyl (C=O) groups is 1. The monoisotopic (exact) mass is 479 g/mol. The van der Waals surface area contributed by atoms with Crippen LogP contribution in [0.4, 0.5) is 21.6 Å². The summed E-state index contributed by atoms with van der Waals surface area (Å²) >= 11 is 6.03. The molecule has 0 saturated carbocycles. The fourth-order valence-corrected chi connectivity index (χ4v) is 4.02. The van der Waals surface area contributed by atoms with Gasteiger partial charge in [0, 0.05) is 11.8 Å². The van der Waals surface area contributed by atoms with Crippen molar-refractivity contribution in [3.63, 3.8) is 0 Å². The number of rotatable bonds is 9. The van der Waals surface area contributed by atoms with Crippen molar-refractivity contribution in [3.05, 3.63) is 71.3 Å². The van der Waals surface area contributed by atoms with Gasteiger partial charge in [-0.05, 0) is 37.6 Å². The van der Waals surface area contributed by atoms with Gasteiger partial charge >= 0.3 is 0 Å². The fraction of sp³-hybridized carbons (Fsp3) is 0.190. The van der Waals surface area contributed by atoms with Crippen molar-refractivity contribution in [1.82, 2.24) is 4.98 Å². The van der Waals surface area contributed by atoms with Gasteiger partial charge in [-0.15, -0.1) is 0 Å². The van der Waals surface area contributed by atoms with Gasteiger partial charge in [0.1, 0.15) is 5.82 Å². The highest BCUT2D eigenvalue weighted by molar-refractivity contribution is 7.92. The summed E-state index contributed by atoms with van der Waals surface area (Å²) in [6.07, 6.45) is 6.36. The van der Waals surface area contributed by atoms with Gasteiger partial charge in [-0.1, -0.05) is 31.2 Å². The molecule has 0 spiro atoms. The molecule has 0 radical (unpaired) electrons. The molecule has 0 saturated heterocycles. The average molecular weight is 480 g/mol. The second-order valence-electron chi connectivity index (χ2n) is 6.52. The number of nitrogen functional groups attached to an aromatic ring is 1. The van der Waals surface area contributed by atoms with Crippen molar-refractivity contribution < 1.29 is 17.6 Å². The van der Waals surface area contributed by atoms with Crippen LogP contribution in [0.3, 0.4) is 0 Å². The zero-order chi connectivity index (χ0) is 23.9. The molecule has 0 aliphatic rings. The molecule has 32 heavy (non-hydrogen) atoms. The number of nitrogens with two attached hydrogens (primary N) is 1. The zero-order valence-corrected chi connectivity index (χ0v) is 19.1. The third-order valence-corrected chi connectivity index (χ3v) is 5.86. The summed E-state index contributed by atoms with van der Waals surface area (Å²) in [5.41, 5.74) is 6.03. The first kappa shape index (κ1) is 25.0. The summed E-state index contributed by atoms with van der Waals surface area (Å²) in [7, 11) is -3.77. The molecule has 1 aromatic heterocycles. The van der Waals surface area contributed by atoms with E-state index in [9.17, 15) is 17.6 Å². The van der Waals surface area contributed by atoms with Crippen molar-refractivity contribution in [1.29, 1.82) is 0 Å². The lowest BCUT2D eigenvalue weighted by Gasteiger charge is -2.13. The van der Waals surface area contributed by atoms with Crippen LogP contribution in [-0.2, 0) is 10.0 Å². The number of allylic oxidation sites excluding steroid dienone is 2. The van der Waals surface area contributed by atoms with E-state index in [4.69, 9.17) is 17.3 Å². The molecule has 2 aromatic rings. The average Bonchev–Trinajstić information content (AvgIpc) is 2.72.